The number of hydrogen-bond donors (Lipinski definition) is 0. The van der Waals surface area contributed by atoms with Crippen LogP contribution in [0, 0.1) is 12.7 Å². The van der Waals surface area contributed by atoms with Crippen LogP contribution in [-0.2, 0) is 11.3 Å². The van der Waals surface area contributed by atoms with E-state index in [0.29, 0.717) is 24.8 Å². The van der Waals surface area contributed by atoms with E-state index in [1.54, 1.807) is 13.2 Å². The fourth-order valence-electron chi connectivity index (χ4n) is 3.90. The van der Waals surface area contributed by atoms with Crippen LogP contribution >= 0.6 is 11.8 Å². The molecule has 1 aliphatic heterocycles. The molecule has 4 rings (SSSR count). The largest absolute Gasteiger partial charge is 0.497 e. The molecule has 8 nitrogen and oxygen atoms in total. The molecule has 34 heavy (non-hydrogen) atoms. The molecule has 0 aliphatic carbocycles. The summed E-state index contributed by atoms with van der Waals surface area (Å²) < 4.78 is 26.1. The van der Waals surface area contributed by atoms with Crippen LogP contribution in [0.4, 0.5) is 4.39 Å². The summed E-state index contributed by atoms with van der Waals surface area (Å²) >= 11 is 1.38. The Morgan fingerprint density at radius 1 is 1.03 bits per heavy atom. The Bertz CT molecular complexity index is 1130. The second kappa shape index (κ2) is 10.9. The van der Waals surface area contributed by atoms with E-state index >= 15 is 0 Å². The minimum Gasteiger partial charge on any atom is -0.497 e. The number of nitrogens with zero attached hydrogens (tertiary/aromatic N) is 5. The molecule has 1 aliphatic rings. The van der Waals surface area contributed by atoms with Gasteiger partial charge in [0.05, 0.1) is 20.0 Å². The summed E-state index contributed by atoms with van der Waals surface area (Å²) in [6.07, 6.45) is 0. The topological polar surface area (TPSA) is 72.7 Å². The van der Waals surface area contributed by atoms with E-state index in [1.807, 2.05) is 46.7 Å². The highest BCUT2D eigenvalue weighted by Crippen LogP contribution is 2.24. The number of methoxy groups -OCH3 is 2. The number of carbonyl (C=O) groups excluding carboxylic acids is 1. The third kappa shape index (κ3) is 5.51. The van der Waals surface area contributed by atoms with Crippen LogP contribution < -0.4 is 9.47 Å². The van der Waals surface area contributed by atoms with Gasteiger partial charge in [0, 0.05) is 38.4 Å². The van der Waals surface area contributed by atoms with Crippen molar-refractivity contribution in [2.75, 3.05) is 46.2 Å². The Hall–Kier alpha value is -3.11. The van der Waals surface area contributed by atoms with Gasteiger partial charge in [-0.15, -0.1) is 10.2 Å². The first kappa shape index (κ1) is 24.0. The molecule has 2 heterocycles. The normalized spacial score (nSPS) is 14.3. The van der Waals surface area contributed by atoms with Gasteiger partial charge >= 0.3 is 0 Å². The van der Waals surface area contributed by atoms with Crippen molar-refractivity contribution in [1.82, 2.24) is 24.6 Å². The molecule has 180 valence electrons. The molecule has 0 bridgehead atoms. The number of ether oxygens (including phenoxy) is 2. The smallest absolute Gasteiger partial charge is 0.233 e. The molecule has 3 aromatic rings. The van der Waals surface area contributed by atoms with Crippen molar-refractivity contribution < 1.29 is 18.7 Å². The molecule has 0 radical (unpaired) electrons. The van der Waals surface area contributed by atoms with Crippen LogP contribution in [0.15, 0.2) is 47.6 Å². The van der Waals surface area contributed by atoms with Gasteiger partial charge in [-0.1, -0.05) is 17.8 Å². The first-order valence-electron chi connectivity index (χ1n) is 11.0. The quantitative estimate of drug-likeness (QED) is 0.454. The molecular formula is C24H28FN5O3S. The van der Waals surface area contributed by atoms with Crippen molar-refractivity contribution in [3.63, 3.8) is 0 Å². The number of aryl methyl sites for hydroxylation is 1. The molecule has 0 unspecified atom stereocenters. The number of halogens is 1. The average molecular weight is 486 g/mol. The Morgan fingerprint density at radius 3 is 2.41 bits per heavy atom. The Morgan fingerprint density at radius 2 is 1.76 bits per heavy atom. The van der Waals surface area contributed by atoms with Crippen molar-refractivity contribution in [2.45, 2.75) is 18.6 Å². The van der Waals surface area contributed by atoms with Gasteiger partial charge in [0.1, 0.15) is 11.6 Å². The van der Waals surface area contributed by atoms with Crippen LogP contribution in [0.5, 0.6) is 11.5 Å². The highest BCUT2D eigenvalue weighted by atomic mass is 32.2. The number of rotatable bonds is 8. The van der Waals surface area contributed by atoms with Crippen LogP contribution in [0.25, 0.3) is 5.69 Å². The summed E-state index contributed by atoms with van der Waals surface area (Å²) in [7, 11) is 3.08. The summed E-state index contributed by atoms with van der Waals surface area (Å²) in [5, 5.41) is 9.12. The molecule has 10 heteroatoms. The Kier molecular flexibility index (Phi) is 7.69. The summed E-state index contributed by atoms with van der Waals surface area (Å²) in [6, 6.07) is 12.7. The summed E-state index contributed by atoms with van der Waals surface area (Å²) in [5.41, 5.74) is 1.81. The van der Waals surface area contributed by atoms with Crippen molar-refractivity contribution in [3.05, 3.63) is 59.7 Å². The maximum atomic E-state index is 14.0. The second-order valence-corrected chi connectivity index (χ2v) is 8.92. The molecule has 0 N–H and O–H groups in total. The van der Waals surface area contributed by atoms with Gasteiger partial charge < -0.3 is 14.4 Å². The maximum absolute atomic E-state index is 14.0. The lowest BCUT2D eigenvalue weighted by Crippen LogP contribution is -2.48. The zero-order chi connectivity index (χ0) is 24.1. The molecule has 2 aromatic carbocycles. The first-order valence-corrected chi connectivity index (χ1v) is 12.0. The van der Waals surface area contributed by atoms with E-state index in [9.17, 15) is 9.18 Å². The number of hydrogen-bond acceptors (Lipinski definition) is 7. The molecule has 1 saturated heterocycles. The monoisotopic (exact) mass is 485 g/mol. The predicted molar refractivity (Wildman–Crippen MR) is 128 cm³/mol. The fourth-order valence-corrected chi connectivity index (χ4v) is 4.80. The lowest BCUT2D eigenvalue weighted by atomic mass is 10.2. The fraction of sp³-hybridized carbons (Fsp3) is 0.375. The van der Waals surface area contributed by atoms with E-state index in [2.05, 4.69) is 15.1 Å². The Balaban J connectivity index is 1.30. The summed E-state index contributed by atoms with van der Waals surface area (Å²) in [4.78, 5) is 16.9. The predicted octanol–water partition coefficient (Wildman–Crippen LogP) is 3.17. The van der Waals surface area contributed by atoms with Gasteiger partial charge in [-0.05, 0) is 48.9 Å². The first-order chi connectivity index (χ1) is 16.5. The number of thioether (sulfide) groups is 1. The third-order valence-corrected chi connectivity index (χ3v) is 6.71. The van der Waals surface area contributed by atoms with Gasteiger partial charge in [0.15, 0.2) is 16.7 Å². The average Bonchev–Trinajstić information content (AvgIpc) is 3.23. The van der Waals surface area contributed by atoms with Crippen LogP contribution in [0.2, 0.25) is 0 Å². The van der Waals surface area contributed by atoms with Crippen LogP contribution in [-0.4, -0.2) is 76.6 Å². The standard InChI is InChI=1S/C24H28FN5O3S/c1-17-26-27-24(30(17)19-5-7-20(32-2)8-6-19)34-16-23(31)29-12-10-28(11-13-29)15-18-4-9-22(33-3)21(25)14-18/h4-9,14H,10-13,15-16H2,1-3H3. The van der Waals surface area contributed by atoms with E-state index in [-0.39, 0.29) is 23.2 Å². The minimum absolute atomic E-state index is 0.0714. The number of amides is 1. The zero-order valence-electron chi connectivity index (χ0n) is 19.5. The molecular weight excluding hydrogens is 457 g/mol. The van der Waals surface area contributed by atoms with Crippen molar-refractivity contribution in [1.29, 1.82) is 0 Å². The van der Waals surface area contributed by atoms with E-state index in [4.69, 9.17) is 9.47 Å². The van der Waals surface area contributed by atoms with E-state index < -0.39 is 0 Å². The molecule has 1 aromatic heterocycles. The lowest BCUT2D eigenvalue weighted by molar-refractivity contribution is -0.130. The Labute approximate surface area is 202 Å². The summed E-state index contributed by atoms with van der Waals surface area (Å²) in [6.45, 7) is 5.29. The van der Waals surface area contributed by atoms with E-state index in [1.165, 1.54) is 24.9 Å². The van der Waals surface area contributed by atoms with Crippen molar-refractivity contribution in [3.8, 4) is 17.2 Å². The SMILES string of the molecule is COc1ccc(-n2c(C)nnc2SCC(=O)N2CCN(Cc3ccc(OC)c(F)c3)CC2)cc1. The lowest BCUT2D eigenvalue weighted by Gasteiger charge is -2.34. The second-order valence-electron chi connectivity index (χ2n) is 7.98. The van der Waals surface area contributed by atoms with E-state index in [0.717, 1.165) is 35.9 Å². The van der Waals surface area contributed by atoms with Gasteiger partial charge in [-0.3, -0.25) is 14.3 Å². The van der Waals surface area contributed by atoms with Gasteiger partial charge in [0.25, 0.3) is 0 Å². The number of piperazine rings is 1. The number of carbonyl (C=O) groups is 1. The molecule has 0 saturated carbocycles. The van der Waals surface area contributed by atoms with Crippen LogP contribution in [0.1, 0.15) is 11.4 Å². The molecule has 1 amide bonds. The third-order valence-electron chi connectivity index (χ3n) is 5.80. The molecule has 0 spiro atoms. The van der Waals surface area contributed by atoms with Crippen molar-refractivity contribution in [2.24, 2.45) is 0 Å². The molecule has 1 fully saturated rings. The molecule has 0 atom stereocenters. The number of aromatic nitrogens is 3. The highest BCUT2D eigenvalue weighted by molar-refractivity contribution is 7.99. The van der Waals surface area contributed by atoms with Gasteiger partial charge in [-0.25, -0.2) is 4.39 Å². The minimum atomic E-state index is -0.358. The van der Waals surface area contributed by atoms with Crippen molar-refractivity contribution >= 4 is 17.7 Å². The van der Waals surface area contributed by atoms with Gasteiger partial charge in [-0.2, -0.15) is 0 Å². The summed E-state index contributed by atoms with van der Waals surface area (Å²) in [5.74, 6) is 1.77. The maximum Gasteiger partial charge on any atom is 0.233 e. The van der Waals surface area contributed by atoms with Crippen LogP contribution in [0.3, 0.4) is 0 Å². The zero-order valence-corrected chi connectivity index (χ0v) is 20.3. The number of benzene rings is 2. The highest BCUT2D eigenvalue weighted by Gasteiger charge is 2.22. The van der Waals surface area contributed by atoms with Gasteiger partial charge in [0.2, 0.25) is 5.91 Å².